The zero-order valence-corrected chi connectivity index (χ0v) is 5.51. The van der Waals surface area contributed by atoms with E-state index in [2.05, 4.69) is 6.58 Å². The molecule has 4 nitrogen and oxygen atoms in total. The van der Waals surface area contributed by atoms with Crippen molar-refractivity contribution < 1.29 is 20.4 Å². The van der Waals surface area contributed by atoms with Crippen LogP contribution in [0.4, 0.5) is 0 Å². The minimum atomic E-state index is -1.36. The molecule has 0 saturated carbocycles. The zero-order valence-electron chi connectivity index (χ0n) is 5.51. The molecule has 0 heterocycles. The van der Waals surface area contributed by atoms with Gasteiger partial charge in [0, 0.05) is 0 Å². The second kappa shape index (κ2) is 4.40. The third-order valence-electron chi connectivity index (χ3n) is 1.17. The fraction of sp³-hybridized carbons (Fsp3) is 0.667. The first-order valence-corrected chi connectivity index (χ1v) is 2.91. The average Bonchev–Trinajstić information content (AvgIpc) is 2.00. The van der Waals surface area contributed by atoms with Gasteiger partial charge in [-0.05, 0) is 0 Å². The van der Waals surface area contributed by atoms with Crippen LogP contribution in [0.5, 0.6) is 0 Å². The molecule has 0 amide bonds. The molecule has 0 spiro atoms. The largest absolute Gasteiger partial charge is 0.394 e. The highest BCUT2D eigenvalue weighted by Crippen LogP contribution is 1.99. The maximum absolute atomic E-state index is 8.85. The van der Waals surface area contributed by atoms with E-state index in [9.17, 15) is 0 Å². The van der Waals surface area contributed by atoms with Crippen LogP contribution in [0.2, 0.25) is 0 Å². The molecule has 4 heteroatoms. The van der Waals surface area contributed by atoms with E-state index in [-0.39, 0.29) is 0 Å². The Hall–Kier alpha value is -0.420. The predicted octanol–water partition coefficient (Wildman–Crippen LogP) is -1.75. The molecule has 0 aromatic carbocycles. The van der Waals surface area contributed by atoms with E-state index in [1.54, 1.807) is 0 Å². The van der Waals surface area contributed by atoms with Gasteiger partial charge in [-0.2, -0.15) is 0 Å². The fourth-order valence-electron chi connectivity index (χ4n) is 0.475. The molecule has 60 valence electrons. The Bertz CT molecular complexity index is 104. The summed E-state index contributed by atoms with van der Waals surface area (Å²) in [6.45, 7) is 2.62. The summed E-state index contributed by atoms with van der Waals surface area (Å²) in [4.78, 5) is 0. The van der Waals surface area contributed by atoms with E-state index in [0.717, 1.165) is 6.08 Å². The van der Waals surface area contributed by atoms with Gasteiger partial charge in [-0.3, -0.25) is 0 Å². The van der Waals surface area contributed by atoms with Crippen molar-refractivity contribution in [3.63, 3.8) is 0 Å². The minimum absolute atomic E-state index is 0.577. The molecular weight excluding hydrogens is 136 g/mol. The van der Waals surface area contributed by atoms with Gasteiger partial charge in [0.2, 0.25) is 0 Å². The van der Waals surface area contributed by atoms with Crippen molar-refractivity contribution in [3.8, 4) is 0 Å². The van der Waals surface area contributed by atoms with E-state index < -0.39 is 24.9 Å². The van der Waals surface area contributed by atoms with Crippen LogP contribution in [0.1, 0.15) is 0 Å². The van der Waals surface area contributed by atoms with Crippen molar-refractivity contribution in [2.75, 3.05) is 6.61 Å². The highest BCUT2D eigenvalue weighted by molar-refractivity contribution is 4.87. The quantitative estimate of drug-likeness (QED) is 0.356. The lowest BCUT2D eigenvalue weighted by Gasteiger charge is -2.18. The van der Waals surface area contributed by atoms with Gasteiger partial charge in [-0.1, -0.05) is 6.08 Å². The lowest BCUT2D eigenvalue weighted by molar-refractivity contribution is -0.0609. The molecule has 0 bridgehead atoms. The Labute approximate surface area is 59.1 Å². The Morgan fingerprint density at radius 2 is 1.80 bits per heavy atom. The van der Waals surface area contributed by atoms with Crippen LogP contribution in [0.25, 0.3) is 0 Å². The van der Waals surface area contributed by atoms with Gasteiger partial charge in [0.1, 0.15) is 18.3 Å². The van der Waals surface area contributed by atoms with Crippen molar-refractivity contribution in [2.45, 2.75) is 18.3 Å². The Morgan fingerprint density at radius 1 is 1.30 bits per heavy atom. The molecule has 4 N–H and O–H groups in total. The number of aliphatic hydroxyl groups is 4. The van der Waals surface area contributed by atoms with Crippen LogP contribution < -0.4 is 0 Å². The molecular formula is C6H12O4. The molecule has 0 aliphatic rings. The van der Waals surface area contributed by atoms with Gasteiger partial charge >= 0.3 is 0 Å². The molecule has 0 aromatic heterocycles. The first-order valence-electron chi connectivity index (χ1n) is 2.91. The number of rotatable bonds is 4. The van der Waals surface area contributed by atoms with Gasteiger partial charge in [0.15, 0.2) is 0 Å². The minimum Gasteiger partial charge on any atom is -0.394 e. The standard InChI is InChI=1S/C6H12O4/c1-2-4(8)6(10)5(9)3-7/h2,4-10H,1,3H2/t4-,5+,6-/m0/s1. The summed E-state index contributed by atoms with van der Waals surface area (Å²) in [6, 6.07) is 0. The fourth-order valence-corrected chi connectivity index (χ4v) is 0.475. The maximum Gasteiger partial charge on any atom is 0.112 e. The molecule has 0 fully saturated rings. The molecule has 0 aliphatic heterocycles. The highest BCUT2D eigenvalue weighted by atomic mass is 16.4. The third kappa shape index (κ3) is 2.45. The van der Waals surface area contributed by atoms with E-state index in [0.29, 0.717) is 0 Å². The van der Waals surface area contributed by atoms with Crippen LogP contribution in [0.15, 0.2) is 12.7 Å². The SMILES string of the molecule is C=C[C@H](O)[C@H](O)[C@H](O)CO. The number of aliphatic hydroxyl groups excluding tert-OH is 4. The van der Waals surface area contributed by atoms with Gasteiger partial charge in [0.05, 0.1) is 6.61 Å². The molecule has 0 rings (SSSR count). The second-order valence-corrected chi connectivity index (χ2v) is 1.97. The second-order valence-electron chi connectivity index (χ2n) is 1.97. The average molecular weight is 148 g/mol. The van der Waals surface area contributed by atoms with Crippen molar-refractivity contribution >= 4 is 0 Å². The number of hydrogen-bond donors (Lipinski definition) is 4. The van der Waals surface area contributed by atoms with Crippen LogP contribution in [0, 0.1) is 0 Å². The number of hydrogen-bond acceptors (Lipinski definition) is 4. The molecule has 3 atom stereocenters. The Morgan fingerprint density at radius 3 is 2.10 bits per heavy atom. The first-order chi connectivity index (χ1) is 4.63. The molecule has 0 radical (unpaired) electrons. The van der Waals surface area contributed by atoms with E-state index in [1.807, 2.05) is 0 Å². The van der Waals surface area contributed by atoms with Crippen molar-refractivity contribution in [1.29, 1.82) is 0 Å². The molecule has 0 saturated heterocycles. The highest BCUT2D eigenvalue weighted by Gasteiger charge is 2.20. The van der Waals surface area contributed by atoms with Crippen LogP contribution in [0.3, 0.4) is 0 Å². The topological polar surface area (TPSA) is 80.9 Å². The monoisotopic (exact) mass is 148 g/mol. The van der Waals surface area contributed by atoms with Gasteiger partial charge in [-0.15, -0.1) is 6.58 Å². The lowest BCUT2D eigenvalue weighted by Crippen LogP contribution is -2.38. The maximum atomic E-state index is 8.85. The summed E-state index contributed by atoms with van der Waals surface area (Å²) in [6.07, 6.45) is -2.78. The summed E-state index contributed by atoms with van der Waals surface area (Å²) in [5.41, 5.74) is 0. The van der Waals surface area contributed by atoms with Crippen LogP contribution >= 0.6 is 0 Å². The Balaban J connectivity index is 3.80. The summed E-state index contributed by atoms with van der Waals surface area (Å²) in [5, 5.41) is 34.7. The van der Waals surface area contributed by atoms with Crippen molar-refractivity contribution in [2.24, 2.45) is 0 Å². The molecule has 0 aromatic rings. The predicted molar refractivity (Wildman–Crippen MR) is 35.3 cm³/mol. The van der Waals surface area contributed by atoms with E-state index in [1.165, 1.54) is 0 Å². The summed E-state index contributed by atoms with van der Waals surface area (Å²) >= 11 is 0. The third-order valence-corrected chi connectivity index (χ3v) is 1.17. The molecule has 0 unspecified atom stereocenters. The lowest BCUT2D eigenvalue weighted by atomic mass is 10.1. The van der Waals surface area contributed by atoms with Gasteiger partial charge in [0.25, 0.3) is 0 Å². The Kier molecular flexibility index (Phi) is 4.22. The van der Waals surface area contributed by atoms with Crippen LogP contribution in [-0.2, 0) is 0 Å². The summed E-state index contributed by atoms with van der Waals surface area (Å²) in [7, 11) is 0. The summed E-state index contributed by atoms with van der Waals surface area (Å²) < 4.78 is 0. The van der Waals surface area contributed by atoms with E-state index >= 15 is 0 Å². The van der Waals surface area contributed by atoms with Crippen LogP contribution in [-0.4, -0.2) is 45.3 Å². The zero-order chi connectivity index (χ0) is 8.15. The summed E-state index contributed by atoms with van der Waals surface area (Å²) in [5.74, 6) is 0. The normalized spacial score (nSPS) is 19.6. The first kappa shape index (κ1) is 9.58. The van der Waals surface area contributed by atoms with Gasteiger partial charge < -0.3 is 20.4 Å². The van der Waals surface area contributed by atoms with Crippen molar-refractivity contribution in [1.82, 2.24) is 0 Å². The van der Waals surface area contributed by atoms with Gasteiger partial charge in [-0.25, -0.2) is 0 Å². The molecule has 0 aliphatic carbocycles. The van der Waals surface area contributed by atoms with E-state index in [4.69, 9.17) is 20.4 Å². The van der Waals surface area contributed by atoms with Crippen molar-refractivity contribution in [3.05, 3.63) is 12.7 Å². The smallest absolute Gasteiger partial charge is 0.112 e. The molecule has 10 heavy (non-hydrogen) atoms.